The topological polar surface area (TPSA) is 86.3 Å². The van der Waals surface area contributed by atoms with Gasteiger partial charge in [0, 0.05) is 25.4 Å². The molecule has 0 unspecified atom stereocenters. The summed E-state index contributed by atoms with van der Waals surface area (Å²) in [7, 11) is 0. The Hall–Kier alpha value is -3.68. The fourth-order valence-electron chi connectivity index (χ4n) is 2.85. The lowest BCUT2D eigenvalue weighted by Crippen LogP contribution is -2.26. The summed E-state index contributed by atoms with van der Waals surface area (Å²) in [4.78, 5) is 12.3. The Morgan fingerprint density at radius 1 is 1.07 bits per heavy atom. The molecule has 0 radical (unpaired) electrons. The number of nitrogens with zero attached hydrogens (tertiary/aromatic N) is 5. The maximum Gasteiger partial charge on any atom is 0.271 e. The van der Waals surface area contributed by atoms with Crippen LogP contribution in [-0.4, -0.2) is 36.8 Å². The van der Waals surface area contributed by atoms with E-state index in [2.05, 4.69) is 20.6 Å². The average molecular weight is 376 g/mol. The molecule has 8 heteroatoms. The van der Waals surface area contributed by atoms with E-state index in [1.54, 1.807) is 16.9 Å². The molecule has 3 aromatic heterocycles. The van der Waals surface area contributed by atoms with Crippen molar-refractivity contribution in [2.24, 2.45) is 0 Å². The van der Waals surface area contributed by atoms with Crippen LogP contribution in [0.15, 0.2) is 60.9 Å². The smallest absolute Gasteiger partial charge is 0.271 e. The lowest BCUT2D eigenvalue weighted by atomic mass is 10.2. The predicted molar refractivity (Wildman–Crippen MR) is 103 cm³/mol. The Morgan fingerprint density at radius 2 is 1.93 bits per heavy atom. The zero-order chi connectivity index (χ0) is 19.3. The number of rotatable bonds is 7. The summed E-state index contributed by atoms with van der Waals surface area (Å²) in [5.74, 6) is 1.36. The first kappa shape index (κ1) is 17.7. The van der Waals surface area contributed by atoms with E-state index >= 15 is 0 Å². The van der Waals surface area contributed by atoms with Crippen molar-refractivity contribution in [1.82, 2.24) is 29.7 Å². The number of aryl methyl sites for hydroxylation is 1. The lowest BCUT2D eigenvalue weighted by molar-refractivity contribution is 0.0947. The molecule has 4 aromatic rings. The molecular formula is C20H20N6O2. The number of benzene rings is 1. The third kappa shape index (κ3) is 3.85. The van der Waals surface area contributed by atoms with Crippen LogP contribution in [0.5, 0.6) is 5.75 Å². The van der Waals surface area contributed by atoms with Gasteiger partial charge in [0.2, 0.25) is 0 Å². The van der Waals surface area contributed by atoms with Crippen molar-refractivity contribution in [3.8, 4) is 5.75 Å². The number of hydrogen-bond acceptors (Lipinski definition) is 5. The first-order chi connectivity index (χ1) is 13.7. The molecule has 28 heavy (non-hydrogen) atoms. The van der Waals surface area contributed by atoms with Crippen LogP contribution in [0.4, 0.5) is 0 Å². The van der Waals surface area contributed by atoms with Crippen LogP contribution in [0.3, 0.4) is 0 Å². The van der Waals surface area contributed by atoms with E-state index in [9.17, 15) is 4.79 Å². The summed E-state index contributed by atoms with van der Waals surface area (Å²) in [5, 5.41) is 15.4. The molecule has 0 saturated carbocycles. The van der Waals surface area contributed by atoms with Gasteiger partial charge in [-0.1, -0.05) is 24.3 Å². The molecule has 0 saturated heterocycles. The number of ether oxygens (including phenoxy) is 1. The molecule has 0 aliphatic rings. The largest absolute Gasteiger partial charge is 0.471 e. The second kappa shape index (κ2) is 7.91. The van der Waals surface area contributed by atoms with E-state index in [4.69, 9.17) is 4.74 Å². The second-order valence-corrected chi connectivity index (χ2v) is 6.33. The van der Waals surface area contributed by atoms with Crippen molar-refractivity contribution in [3.63, 3.8) is 0 Å². The third-order valence-corrected chi connectivity index (χ3v) is 4.34. The molecule has 0 aliphatic heterocycles. The molecule has 0 spiro atoms. The fourth-order valence-corrected chi connectivity index (χ4v) is 2.85. The zero-order valence-corrected chi connectivity index (χ0v) is 15.4. The Labute approximate surface area is 161 Å². The summed E-state index contributed by atoms with van der Waals surface area (Å²) in [6, 6.07) is 15.2. The van der Waals surface area contributed by atoms with Crippen molar-refractivity contribution < 1.29 is 9.53 Å². The van der Waals surface area contributed by atoms with Gasteiger partial charge in [0.05, 0.1) is 0 Å². The number of nitrogens with one attached hydrogen (secondary N) is 1. The Balaban J connectivity index is 1.30. The van der Waals surface area contributed by atoms with E-state index in [0.717, 1.165) is 22.8 Å². The van der Waals surface area contributed by atoms with Crippen molar-refractivity contribution in [1.29, 1.82) is 0 Å². The molecule has 3 heterocycles. The number of hydrogen-bond donors (Lipinski definition) is 1. The number of carbonyl (C=O) groups excluding carboxylic acids is 1. The van der Waals surface area contributed by atoms with Gasteiger partial charge < -0.3 is 10.1 Å². The van der Waals surface area contributed by atoms with Crippen molar-refractivity contribution in [2.45, 2.75) is 20.1 Å². The van der Waals surface area contributed by atoms with Gasteiger partial charge in [0.1, 0.15) is 17.3 Å². The molecule has 8 nitrogen and oxygen atoms in total. The minimum absolute atomic E-state index is 0.233. The van der Waals surface area contributed by atoms with Gasteiger partial charge in [-0.25, -0.2) is 4.68 Å². The number of amides is 1. The quantitative estimate of drug-likeness (QED) is 0.535. The molecular weight excluding hydrogens is 356 g/mol. The molecule has 0 atom stereocenters. The molecule has 4 rings (SSSR count). The van der Waals surface area contributed by atoms with Gasteiger partial charge in [-0.05, 0) is 36.8 Å². The summed E-state index contributed by atoms with van der Waals surface area (Å²) in [6.45, 7) is 2.67. The lowest BCUT2D eigenvalue weighted by Gasteiger charge is -2.08. The summed E-state index contributed by atoms with van der Waals surface area (Å²) in [6.07, 6.45) is 4.20. The van der Waals surface area contributed by atoms with Crippen LogP contribution in [0.2, 0.25) is 0 Å². The molecule has 0 fully saturated rings. The summed E-state index contributed by atoms with van der Waals surface area (Å²) < 4.78 is 9.23. The van der Waals surface area contributed by atoms with Crippen molar-refractivity contribution in [2.75, 3.05) is 6.54 Å². The molecule has 0 bridgehead atoms. The molecule has 0 aliphatic carbocycles. The average Bonchev–Trinajstić information content (AvgIpc) is 3.35. The van der Waals surface area contributed by atoms with Gasteiger partial charge in [-0.3, -0.25) is 9.20 Å². The number of carbonyl (C=O) groups is 1. The van der Waals surface area contributed by atoms with E-state index in [1.807, 2.05) is 60.0 Å². The number of aromatic nitrogens is 5. The first-order valence-electron chi connectivity index (χ1n) is 8.99. The zero-order valence-electron chi connectivity index (χ0n) is 15.4. The van der Waals surface area contributed by atoms with Crippen LogP contribution in [0.1, 0.15) is 21.9 Å². The van der Waals surface area contributed by atoms with Crippen molar-refractivity contribution in [3.05, 3.63) is 78.0 Å². The highest BCUT2D eigenvalue weighted by Gasteiger charge is 2.11. The Morgan fingerprint density at radius 3 is 2.82 bits per heavy atom. The highest BCUT2D eigenvalue weighted by Crippen LogP contribution is 2.16. The van der Waals surface area contributed by atoms with Crippen LogP contribution < -0.4 is 10.1 Å². The highest BCUT2D eigenvalue weighted by molar-refractivity contribution is 5.92. The second-order valence-electron chi connectivity index (χ2n) is 6.33. The van der Waals surface area contributed by atoms with Gasteiger partial charge in [-0.2, -0.15) is 5.10 Å². The van der Waals surface area contributed by atoms with Gasteiger partial charge in [0.25, 0.3) is 5.91 Å². The molecule has 1 aromatic carbocycles. The molecule has 1 N–H and O–H groups in total. The molecule has 142 valence electrons. The first-order valence-corrected chi connectivity index (χ1v) is 8.99. The van der Waals surface area contributed by atoms with E-state index in [1.165, 1.54) is 0 Å². The minimum atomic E-state index is -0.233. The van der Waals surface area contributed by atoms with Crippen molar-refractivity contribution >= 4 is 11.6 Å². The monoisotopic (exact) mass is 376 g/mol. The van der Waals surface area contributed by atoms with Crippen LogP contribution in [0.25, 0.3) is 5.65 Å². The van der Waals surface area contributed by atoms with Gasteiger partial charge in [-0.15, -0.1) is 10.2 Å². The van der Waals surface area contributed by atoms with E-state index in [-0.39, 0.29) is 12.6 Å². The summed E-state index contributed by atoms with van der Waals surface area (Å²) in [5.41, 5.74) is 2.18. The van der Waals surface area contributed by atoms with E-state index < -0.39 is 0 Å². The number of pyridine rings is 1. The van der Waals surface area contributed by atoms with Gasteiger partial charge >= 0.3 is 0 Å². The Bertz CT molecular complexity index is 1100. The maximum absolute atomic E-state index is 12.3. The maximum atomic E-state index is 12.3. The number of para-hydroxylation sites is 1. The van der Waals surface area contributed by atoms with Crippen LogP contribution >= 0.6 is 0 Å². The normalized spacial score (nSPS) is 10.9. The standard InChI is InChI=1S/C20H20N6O2/c1-15-6-2-3-7-17(15)28-14-25-13-10-16(24-25)20(27)21-11-9-19-23-22-18-8-4-5-12-26(18)19/h2-8,10,12-13H,9,11,14H2,1H3,(H,21,27). The highest BCUT2D eigenvalue weighted by atomic mass is 16.5. The third-order valence-electron chi connectivity index (χ3n) is 4.34. The molecule has 1 amide bonds. The fraction of sp³-hybridized carbons (Fsp3) is 0.200. The van der Waals surface area contributed by atoms with Crippen LogP contribution in [-0.2, 0) is 13.2 Å². The van der Waals surface area contributed by atoms with E-state index in [0.29, 0.717) is 18.7 Å². The Kier molecular flexibility index (Phi) is 5.01. The predicted octanol–water partition coefficient (Wildman–Crippen LogP) is 2.24. The number of fused-ring (bicyclic) bond motifs is 1. The van der Waals surface area contributed by atoms with Gasteiger partial charge in [0.15, 0.2) is 12.4 Å². The van der Waals surface area contributed by atoms with Crippen LogP contribution in [0, 0.1) is 6.92 Å². The minimum Gasteiger partial charge on any atom is -0.471 e. The SMILES string of the molecule is Cc1ccccc1OCn1ccc(C(=O)NCCc2nnc3ccccn23)n1. The summed E-state index contributed by atoms with van der Waals surface area (Å²) >= 11 is 0.